The van der Waals surface area contributed by atoms with Crippen molar-refractivity contribution in [2.75, 3.05) is 5.73 Å². The van der Waals surface area contributed by atoms with Crippen molar-refractivity contribution in [3.05, 3.63) is 47.4 Å². The van der Waals surface area contributed by atoms with Crippen LogP contribution < -0.4 is 5.73 Å². The lowest BCUT2D eigenvalue weighted by Gasteiger charge is -2.01. The van der Waals surface area contributed by atoms with Gasteiger partial charge < -0.3 is 5.73 Å². The van der Waals surface area contributed by atoms with Gasteiger partial charge >= 0.3 is 0 Å². The summed E-state index contributed by atoms with van der Waals surface area (Å²) in [6, 6.07) is 10.1. The van der Waals surface area contributed by atoms with E-state index in [0.29, 0.717) is 5.13 Å². The lowest BCUT2D eigenvalue weighted by Crippen LogP contribution is -1.87. The highest BCUT2D eigenvalue weighted by atomic mass is 32.1. The van der Waals surface area contributed by atoms with E-state index in [0.717, 1.165) is 23.3 Å². The standard InChI is InChI=1S/C13H14N2S/c1-9(2)8-11-12(15-13(14)16-11)10-6-4-3-5-7-10/h3-7H,1,8H2,2H3,(H2,14,15). The summed E-state index contributed by atoms with van der Waals surface area (Å²) >= 11 is 1.54. The van der Waals surface area contributed by atoms with Crippen LogP contribution in [0, 0.1) is 0 Å². The average molecular weight is 230 g/mol. The van der Waals surface area contributed by atoms with Crippen molar-refractivity contribution in [1.29, 1.82) is 0 Å². The molecule has 0 aliphatic carbocycles. The van der Waals surface area contributed by atoms with Gasteiger partial charge in [0.15, 0.2) is 5.13 Å². The van der Waals surface area contributed by atoms with Gasteiger partial charge in [-0.1, -0.05) is 42.5 Å². The minimum atomic E-state index is 0.620. The third-order valence-corrected chi connectivity index (χ3v) is 3.11. The van der Waals surface area contributed by atoms with Crippen LogP contribution >= 0.6 is 11.3 Å². The molecule has 0 fully saturated rings. The number of nitrogen functional groups attached to an aromatic ring is 1. The number of nitrogens with two attached hydrogens (primary N) is 1. The minimum absolute atomic E-state index is 0.620. The first-order valence-electron chi connectivity index (χ1n) is 5.12. The SMILES string of the molecule is C=C(C)Cc1sc(N)nc1-c1ccccc1. The van der Waals surface area contributed by atoms with Crippen molar-refractivity contribution in [2.45, 2.75) is 13.3 Å². The summed E-state index contributed by atoms with van der Waals surface area (Å²) in [5, 5.41) is 0.620. The fourth-order valence-corrected chi connectivity index (χ4v) is 2.55. The number of allylic oxidation sites excluding steroid dienone is 1. The van der Waals surface area contributed by atoms with Gasteiger partial charge in [0.05, 0.1) is 5.69 Å². The number of rotatable bonds is 3. The Labute approximate surface area is 99.5 Å². The average Bonchev–Trinajstić information content (AvgIpc) is 2.60. The van der Waals surface area contributed by atoms with Crippen molar-refractivity contribution >= 4 is 16.5 Å². The van der Waals surface area contributed by atoms with Crippen LogP contribution in [0.3, 0.4) is 0 Å². The molecule has 1 aromatic heterocycles. The number of benzene rings is 1. The highest BCUT2D eigenvalue weighted by Gasteiger charge is 2.11. The van der Waals surface area contributed by atoms with E-state index in [1.54, 1.807) is 11.3 Å². The number of aromatic nitrogens is 1. The van der Waals surface area contributed by atoms with Crippen LogP contribution in [0.2, 0.25) is 0 Å². The van der Waals surface area contributed by atoms with Crippen LogP contribution in [0.25, 0.3) is 11.3 Å². The Morgan fingerprint density at radius 3 is 2.69 bits per heavy atom. The number of hydrogen-bond acceptors (Lipinski definition) is 3. The smallest absolute Gasteiger partial charge is 0.180 e. The molecule has 0 saturated heterocycles. The van der Waals surface area contributed by atoms with Crippen molar-refractivity contribution in [1.82, 2.24) is 4.98 Å². The van der Waals surface area contributed by atoms with Crippen LogP contribution in [0.5, 0.6) is 0 Å². The first-order valence-corrected chi connectivity index (χ1v) is 5.93. The molecule has 0 spiro atoms. The summed E-state index contributed by atoms with van der Waals surface area (Å²) in [5.41, 5.74) is 9.01. The van der Waals surface area contributed by atoms with Gasteiger partial charge in [-0.3, -0.25) is 0 Å². The summed E-state index contributed by atoms with van der Waals surface area (Å²) in [6.45, 7) is 5.95. The quantitative estimate of drug-likeness (QED) is 0.819. The largest absolute Gasteiger partial charge is 0.375 e. The zero-order chi connectivity index (χ0) is 11.5. The summed E-state index contributed by atoms with van der Waals surface area (Å²) in [4.78, 5) is 5.58. The molecule has 0 saturated carbocycles. The second kappa shape index (κ2) is 4.49. The maximum atomic E-state index is 5.77. The summed E-state index contributed by atoms with van der Waals surface area (Å²) in [7, 11) is 0. The van der Waals surface area contributed by atoms with Crippen molar-refractivity contribution < 1.29 is 0 Å². The lowest BCUT2D eigenvalue weighted by atomic mass is 10.1. The van der Waals surface area contributed by atoms with Crippen molar-refractivity contribution in [2.24, 2.45) is 0 Å². The molecule has 2 aromatic rings. The van der Waals surface area contributed by atoms with Gasteiger partial charge in [-0.05, 0) is 6.92 Å². The lowest BCUT2D eigenvalue weighted by molar-refractivity contribution is 1.18. The van der Waals surface area contributed by atoms with Gasteiger partial charge in [0.25, 0.3) is 0 Å². The molecule has 0 aliphatic heterocycles. The van der Waals surface area contributed by atoms with Crippen molar-refractivity contribution in [3.8, 4) is 11.3 Å². The Hall–Kier alpha value is -1.61. The van der Waals surface area contributed by atoms with Gasteiger partial charge in [0, 0.05) is 16.9 Å². The fraction of sp³-hybridized carbons (Fsp3) is 0.154. The highest BCUT2D eigenvalue weighted by Crippen LogP contribution is 2.30. The normalized spacial score (nSPS) is 10.3. The molecule has 1 aromatic carbocycles. The molecule has 3 heteroatoms. The molecule has 1 heterocycles. The topological polar surface area (TPSA) is 38.9 Å². The van der Waals surface area contributed by atoms with E-state index in [-0.39, 0.29) is 0 Å². The predicted octanol–water partition coefficient (Wildman–Crippen LogP) is 3.51. The second-order valence-corrected chi connectivity index (χ2v) is 4.94. The minimum Gasteiger partial charge on any atom is -0.375 e. The maximum absolute atomic E-state index is 5.77. The molecule has 2 N–H and O–H groups in total. The van der Waals surface area contributed by atoms with E-state index in [2.05, 4.69) is 23.7 Å². The number of anilines is 1. The Bertz CT molecular complexity index is 500. The van der Waals surface area contributed by atoms with E-state index in [9.17, 15) is 0 Å². The van der Waals surface area contributed by atoms with E-state index >= 15 is 0 Å². The van der Waals surface area contributed by atoms with Crippen molar-refractivity contribution in [3.63, 3.8) is 0 Å². The summed E-state index contributed by atoms with van der Waals surface area (Å²) in [6.07, 6.45) is 0.846. The second-order valence-electron chi connectivity index (χ2n) is 3.82. The first-order chi connectivity index (χ1) is 7.66. The molecular weight excluding hydrogens is 216 g/mol. The predicted molar refractivity (Wildman–Crippen MR) is 70.5 cm³/mol. The monoisotopic (exact) mass is 230 g/mol. The third kappa shape index (κ3) is 2.31. The molecule has 0 radical (unpaired) electrons. The van der Waals surface area contributed by atoms with Gasteiger partial charge in [-0.2, -0.15) is 0 Å². The van der Waals surface area contributed by atoms with E-state index in [1.807, 2.05) is 25.1 Å². The van der Waals surface area contributed by atoms with Crippen LogP contribution in [-0.2, 0) is 6.42 Å². The Kier molecular flexibility index (Phi) is 3.06. The molecule has 82 valence electrons. The molecule has 0 amide bonds. The Morgan fingerprint density at radius 2 is 2.06 bits per heavy atom. The number of thiazole rings is 1. The van der Waals surface area contributed by atoms with Gasteiger partial charge in [-0.15, -0.1) is 11.3 Å². The van der Waals surface area contributed by atoms with Crippen LogP contribution in [0.1, 0.15) is 11.8 Å². The molecule has 16 heavy (non-hydrogen) atoms. The third-order valence-electron chi connectivity index (χ3n) is 2.22. The maximum Gasteiger partial charge on any atom is 0.180 e. The molecule has 0 aliphatic rings. The number of nitrogens with zero attached hydrogens (tertiary/aromatic N) is 1. The zero-order valence-electron chi connectivity index (χ0n) is 9.23. The van der Waals surface area contributed by atoms with Crippen LogP contribution in [0.4, 0.5) is 5.13 Å². The van der Waals surface area contributed by atoms with E-state index < -0.39 is 0 Å². The van der Waals surface area contributed by atoms with Gasteiger partial charge in [0.2, 0.25) is 0 Å². The fourth-order valence-electron chi connectivity index (χ4n) is 1.59. The van der Waals surface area contributed by atoms with E-state index in [1.165, 1.54) is 4.88 Å². The van der Waals surface area contributed by atoms with E-state index in [4.69, 9.17) is 5.73 Å². The summed E-state index contributed by atoms with van der Waals surface area (Å²) < 4.78 is 0. The zero-order valence-corrected chi connectivity index (χ0v) is 10.1. The van der Waals surface area contributed by atoms with Crippen LogP contribution in [-0.4, -0.2) is 4.98 Å². The molecular formula is C13H14N2S. The molecule has 2 rings (SSSR count). The van der Waals surface area contributed by atoms with Gasteiger partial charge in [0.1, 0.15) is 0 Å². The number of hydrogen-bond donors (Lipinski definition) is 1. The molecule has 0 bridgehead atoms. The molecule has 2 nitrogen and oxygen atoms in total. The van der Waals surface area contributed by atoms with Crippen LogP contribution in [0.15, 0.2) is 42.5 Å². The first kappa shape index (κ1) is 10.9. The summed E-state index contributed by atoms with van der Waals surface area (Å²) in [5.74, 6) is 0. The molecule has 0 atom stereocenters. The van der Waals surface area contributed by atoms with Gasteiger partial charge in [-0.25, -0.2) is 4.98 Å². The Balaban J connectivity index is 2.44. The highest BCUT2D eigenvalue weighted by molar-refractivity contribution is 7.15. The Morgan fingerprint density at radius 1 is 1.38 bits per heavy atom. The molecule has 0 unspecified atom stereocenters.